The van der Waals surface area contributed by atoms with Gasteiger partial charge in [-0.05, 0) is 18.2 Å². The maximum atomic E-state index is 11.8. The number of amides is 1. The number of hydrogen-bond acceptors (Lipinski definition) is 7. The highest BCUT2D eigenvalue weighted by molar-refractivity contribution is 5.86. The van der Waals surface area contributed by atoms with Gasteiger partial charge < -0.3 is 9.47 Å². The van der Waals surface area contributed by atoms with Crippen molar-refractivity contribution in [3.63, 3.8) is 0 Å². The summed E-state index contributed by atoms with van der Waals surface area (Å²) in [5.41, 5.74) is 1.26. The van der Waals surface area contributed by atoms with Gasteiger partial charge in [0.05, 0.1) is 26.9 Å². The Bertz CT molecular complexity index is 870. The van der Waals surface area contributed by atoms with E-state index in [2.05, 4.69) is 15.6 Å². The van der Waals surface area contributed by atoms with Gasteiger partial charge in [0.1, 0.15) is 17.2 Å². The lowest BCUT2D eigenvalue weighted by Gasteiger charge is -2.06. The van der Waals surface area contributed by atoms with Crippen LogP contribution in [0.4, 0.5) is 0 Å². The molecular formula is C14H15N5O5. The number of rotatable bonds is 6. The molecule has 1 amide bonds. The van der Waals surface area contributed by atoms with Gasteiger partial charge in [-0.2, -0.15) is 10.2 Å². The minimum absolute atomic E-state index is 0.124. The van der Waals surface area contributed by atoms with Crippen LogP contribution in [0.25, 0.3) is 0 Å². The molecule has 2 aromatic rings. The molecule has 24 heavy (non-hydrogen) atoms. The molecule has 0 spiro atoms. The van der Waals surface area contributed by atoms with Crippen molar-refractivity contribution >= 4 is 12.1 Å². The highest BCUT2D eigenvalue weighted by Crippen LogP contribution is 2.22. The summed E-state index contributed by atoms with van der Waals surface area (Å²) in [4.78, 5) is 36.0. The molecule has 0 unspecified atom stereocenters. The quantitative estimate of drug-likeness (QED) is 0.466. The summed E-state index contributed by atoms with van der Waals surface area (Å²) in [6.07, 6.45) is 1.04. The topological polar surface area (TPSA) is 139 Å². The lowest BCUT2D eigenvalue weighted by atomic mass is 10.2. The van der Waals surface area contributed by atoms with Crippen molar-refractivity contribution in [2.45, 2.75) is 6.42 Å². The Morgan fingerprint density at radius 3 is 2.79 bits per heavy atom. The number of H-pyrrole nitrogens is 2. The van der Waals surface area contributed by atoms with Crippen LogP contribution in [0.1, 0.15) is 11.3 Å². The summed E-state index contributed by atoms with van der Waals surface area (Å²) in [6.45, 7) is 0. The van der Waals surface area contributed by atoms with E-state index in [1.165, 1.54) is 20.4 Å². The molecule has 1 heterocycles. The first kappa shape index (κ1) is 16.9. The lowest BCUT2D eigenvalue weighted by molar-refractivity contribution is -0.120. The van der Waals surface area contributed by atoms with E-state index in [1.807, 2.05) is 10.1 Å². The fourth-order valence-corrected chi connectivity index (χ4v) is 1.80. The predicted octanol–water partition coefficient (Wildman–Crippen LogP) is -0.832. The van der Waals surface area contributed by atoms with Gasteiger partial charge in [0.25, 0.3) is 5.56 Å². The maximum absolute atomic E-state index is 11.8. The number of hydrazone groups is 1. The van der Waals surface area contributed by atoms with Crippen molar-refractivity contribution in [2.75, 3.05) is 14.2 Å². The second kappa shape index (κ2) is 7.72. The van der Waals surface area contributed by atoms with Gasteiger partial charge in [-0.25, -0.2) is 15.3 Å². The van der Waals surface area contributed by atoms with Crippen LogP contribution in [-0.4, -0.2) is 41.5 Å². The fourth-order valence-electron chi connectivity index (χ4n) is 1.80. The Kier molecular flexibility index (Phi) is 5.45. The molecule has 10 nitrogen and oxygen atoms in total. The number of ether oxygens (including phenoxy) is 2. The first-order valence-corrected chi connectivity index (χ1v) is 6.75. The number of benzene rings is 1. The molecule has 0 fully saturated rings. The van der Waals surface area contributed by atoms with E-state index >= 15 is 0 Å². The number of carbonyl (C=O) groups is 1. The molecule has 0 saturated heterocycles. The van der Waals surface area contributed by atoms with Crippen LogP contribution in [0.2, 0.25) is 0 Å². The van der Waals surface area contributed by atoms with Crippen molar-refractivity contribution in [2.24, 2.45) is 5.10 Å². The first-order chi connectivity index (χ1) is 11.5. The average molecular weight is 333 g/mol. The third-order valence-corrected chi connectivity index (χ3v) is 2.94. The summed E-state index contributed by atoms with van der Waals surface area (Å²) >= 11 is 0. The van der Waals surface area contributed by atoms with Gasteiger partial charge in [0, 0.05) is 5.56 Å². The van der Waals surface area contributed by atoms with Gasteiger partial charge in [-0.3, -0.25) is 14.6 Å². The van der Waals surface area contributed by atoms with E-state index in [0.717, 1.165) is 0 Å². The summed E-state index contributed by atoms with van der Waals surface area (Å²) in [6, 6.07) is 5.11. The Labute approximate surface area is 135 Å². The molecule has 1 aromatic carbocycles. The highest BCUT2D eigenvalue weighted by atomic mass is 16.5. The molecule has 1 aromatic heterocycles. The van der Waals surface area contributed by atoms with E-state index in [9.17, 15) is 14.4 Å². The SMILES string of the molecule is COc1ccc(OC)c(/C=N/NC(=O)Cc2n[nH]c(=O)[nH]c2=O)c1. The lowest BCUT2D eigenvalue weighted by Crippen LogP contribution is -2.31. The number of nitrogens with one attached hydrogen (secondary N) is 3. The van der Waals surface area contributed by atoms with Crippen LogP contribution in [0, 0.1) is 0 Å². The molecular weight excluding hydrogens is 318 g/mol. The van der Waals surface area contributed by atoms with Crippen molar-refractivity contribution in [3.05, 3.63) is 50.3 Å². The summed E-state index contributed by atoms with van der Waals surface area (Å²) in [5.74, 6) is 0.582. The molecule has 0 atom stereocenters. The van der Waals surface area contributed by atoms with Crippen molar-refractivity contribution < 1.29 is 14.3 Å². The Morgan fingerprint density at radius 2 is 2.12 bits per heavy atom. The molecule has 0 bridgehead atoms. The second-order valence-corrected chi connectivity index (χ2v) is 4.53. The third-order valence-electron chi connectivity index (χ3n) is 2.94. The summed E-state index contributed by atoms with van der Waals surface area (Å²) < 4.78 is 10.3. The van der Waals surface area contributed by atoms with E-state index in [0.29, 0.717) is 17.1 Å². The molecule has 2 rings (SSSR count). The van der Waals surface area contributed by atoms with E-state index in [-0.39, 0.29) is 12.1 Å². The van der Waals surface area contributed by atoms with Crippen molar-refractivity contribution in [3.8, 4) is 11.5 Å². The summed E-state index contributed by atoms with van der Waals surface area (Å²) in [7, 11) is 3.03. The van der Waals surface area contributed by atoms with Crippen LogP contribution >= 0.6 is 0 Å². The number of methoxy groups -OCH3 is 2. The Hall–Kier alpha value is -3.43. The molecule has 3 N–H and O–H groups in total. The highest BCUT2D eigenvalue weighted by Gasteiger charge is 2.09. The van der Waals surface area contributed by atoms with Crippen molar-refractivity contribution in [1.29, 1.82) is 0 Å². The van der Waals surface area contributed by atoms with Gasteiger partial charge >= 0.3 is 5.69 Å². The second-order valence-electron chi connectivity index (χ2n) is 4.53. The number of aromatic amines is 2. The molecule has 0 aliphatic carbocycles. The van der Waals surface area contributed by atoms with Crippen LogP contribution in [0.15, 0.2) is 32.9 Å². The number of carbonyl (C=O) groups excluding carboxylic acids is 1. The molecule has 0 aliphatic rings. The van der Waals surface area contributed by atoms with Crippen molar-refractivity contribution in [1.82, 2.24) is 20.6 Å². The van der Waals surface area contributed by atoms with E-state index in [1.54, 1.807) is 18.2 Å². The Balaban J connectivity index is 2.04. The largest absolute Gasteiger partial charge is 0.497 e. The van der Waals surface area contributed by atoms with Gasteiger partial charge in [0.15, 0.2) is 0 Å². The molecule has 0 aliphatic heterocycles. The average Bonchev–Trinajstić information content (AvgIpc) is 2.57. The predicted molar refractivity (Wildman–Crippen MR) is 84.5 cm³/mol. The monoisotopic (exact) mass is 333 g/mol. The molecule has 10 heteroatoms. The molecule has 0 radical (unpaired) electrons. The summed E-state index contributed by atoms with van der Waals surface area (Å²) in [5, 5.41) is 9.35. The third kappa shape index (κ3) is 4.29. The van der Waals surface area contributed by atoms with E-state index < -0.39 is 17.2 Å². The zero-order chi connectivity index (χ0) is 17.5. The van der Waals surface area contributed by atoms with Gasteiger partial charge in [-0.15, -0.1) is 0 Å². The fraction of sp³-hybridized carbons (Fsp3) is 0.214. The van der Waals surface area contributed by atoms with Crippen LogP contribution in [-0.2, 0) is 11.2 Å². The van der Waals surface area contributed by atoms with Gasteiger partial charge in [-0.1, -0.05) is 0 Å². The van der Waals surface area contributed by atoms with Crippen LogP contribution in [0.3, 0.4) is 0 Å². The Morgan fingerprint density at radius 1 is 1.33 bits per heavy atom. The standard InChI is InChI=1S/C14H15N5O5/c1-23-9-3-4-11(24-2)8(5-9)7-15-18-12(20)6-10-13(21)16-14(22)19-17-10/h3-5,7H,6H2,1-2H3,(H,18,20)(H2,16,19,21,22)/b15-7+. The smallest absolute Gasteiger partial charge is 0.342 e. The maximum Gasteiger partial charge on any atom is 0.342 e. The zero-order valence-corrected chi connectivity index (χ0v) is 13.0. The number of nitrogens with zero attached hydrogens (tertiary/aromatic N) is 2. The molecule has 0 saturated carbocycles. The van der Waals surface area contributed by atoms with Crippen LogP contribution in [0.5, 0.6) is 11.5 Å². The van der Waals surface area contributed by atoms with Crippen LogP contribution < -0.4 is 26.1 Å². The van der Waals surface area contributed by atoms with Gasteiger partial charge in [0.2, 0.25) is 5.91 Å². The minimum Gasteiger partial charge on any atom is -0.497 e. The van der Waals surface area contributed by atoms with E-state index in [4.69, 9.17) is 9.47 Å². The number of hydrogen-bond donors (Lipinski definition) is 3. The minimum atomic E-state index is -0.743. The molecule has 126 valence electrons. The number of aromatic nitrogens is 3. The zero-order valence-electron chi connectivity index (χ0n) is 13.0. The first-order valence-electron chi connectivity index (χ1n) is 6.75. The normalized spacial score (nSPS) is 10.6.